The summed E-state index contributed by atoms with van der Waals surface area (Å²) in [7, 11) is 0. The Labute approximate surface area is 138 Å². The lowest BCUT2D eigenvalue weighted by Crippen LogP contribution is -2.40. The van der Waals surface area contributed by atoms with Crippen molar-refractivity contribution in [3.63, 3.8) is 0 Å². The molecule has 6 nitrogen and oxygen atoms in total. The zero-order valence-electron chi connectivity index (χ0n) is 14.8. The van der Waals surface area contributed by atoms with Crippen LogP contribution in [0.25, 0.3) is 0 Å². The van der Waals surface area contributed by atoms with Crippen LogP contribution < -0.4 is 5.32 Å². The normalized spacial score (nSPS) is 28.5. The van der Waals surface area contributed by atoms with E-state index in [1.165, 1.54) is 0 Å². The van der Waals surface area contributed by atoms with Crippen LogP contribution in [0, 0.1) is 17.8 Å². The predicted octanol–water partition coefficient (Wildman–Crippen LogP) is 2.03. The highest BCUT2D eigenvalue weighted by atomic mass is 16.6. The van der Waals surface area contributed by atoms with Gasteiger partial charge in [0.1, 0.15) is 5.60 Å². The van der Waals surface area contributed by atoms with E-state index in [1.54, 1.807) is 4.90 Å². The van der Waals surface area contributed by atoms with Crippen LogP contribution in [0.15, 0.2) is 0 Å². The lowest BCUT2D eigenvalue weighted by atomic mass is 9.96. The van der Waals surface area contributed by atoms with Gasteiger partial charge in [-0.25, -0.2) is 4.79 Å². The number of hydrogen-bond acceptors (Lipinski definition) is 4. The number of carbonyl (C=O) groups is 2. The summed E-state index contributed by atoms with van der Waals surface area (Å²) >= 11 is 0. The van der Waals surface area contributed by atoms with E-state index in [4.69, 9.17) is 9.47 Å². The first kappa shape index (κ1) is 18.0. The highest BCUT2D eigenvalue weighted by molar-refractivity contribution is 5.81. The van der Waals surface area contributed by atoms with Gasteiger partial charge >= 0.3 is 6.09 Å². The molecule has 0 unspecified atom stereocenters. The number of likely N-dealkylation sites (tertiary alicyclic amines) is 1. The lowest BCUT2D eigenvalue weighted by Gasteiger charge is -2.24. The van der Waals surface area contributed by atoms with E-state index >= 15 is 0 Å². The molecule has 2 aliphatic heterocycles. The van der Waals surface area contributed by atoms with Gasteiger partial charge in [0.15, 0.2) is 0 Å². The van der Waals surface area contributed by atoms with Gasteiger partial charge in [0, 0.05) is 26.2 Å². The summed E-state index contributed by atoms with van der Waals surface area (Å²) < 4.78 is 10.8. The molecule has 0 aromatic rings. The van der Waals surface area contributed by atoms with Gasteiger partial charge in [0.25, 0.3) is 0 Å². The summed E-state index contributed by atoms with van der Waals surface area (Å²) in [5.41, 5.74) is -0.512. The molecule has 132 valence electrons. The van der Waals surface area contributed by atoms with Gasteiger partial charge in [0.05, 0.1) is 12.5 Å². The van der Waals surface area contributed by atoms with Crippen molar-refractivity contribution in [3.05, 3.63) is 0 Å². The Morgan fingerprint density at radius 1 is 1.30 bits per heavy atom. The molecule has 0 radical (unpaired) electrons. The zero-order valence-corrected chi connectivity index (χ0v) is 14.8. The first-order valence-electron chi connectivity index (χ1n) is 8.59. The van der Waals surface area contributed by atoms with Crippen LogP contribution in [0.1, 0.15) is 40.5 Å². The molecule has 0 aromatic heterocycles. The van der Waals surface area contributed by atoms with Gasteiger partial charge in [-0.05, 0) is 45.4 Å². The minimum Gasteiger partial charge on any atom is -0.444 e. The van der Waals surface area contributed by atoms with Crippen molar-refractivity contribution in [2.24, 2.45) is 17.8 Å². The van der Waals surface area contributed by atoms with Crippen molar-refractivity contribution in [1.82, 2.24) is 10.2 Å². The average molecular weight is 326 g/mol. The van der Waals surface area contributed by atoms with Crippen molar-refractivity contribution >= 4 is 12.0 Å². The molecule has 0 aromatic carbocycles. The van der Waals surface area contributed by atoms with Crippen molar-refractivity contribution in [1.29, 1.82) is 0 Å². The van der Waals surface area contributed by atoms with Crippen molar-refractivity contribution in [2.45, 2.75) is 46.1 Å². The maximum atomic E-state index is 12.4. The standard InChI is InChI=1S/C17H30N2O4/c1-12-9-19(16(21)23-17(2,3)4)10-14(12)15(20)18-8-13-6-5-7-22-11-13/h12-14H,5-11H2,1-4H3,(H,18,20)/t12-,13+,14-/m1/s1. The minimum absolute atomic E-state index is 0.0362. The average Bonchev–Trinajstić information content (AvgIpc) is 2.86. The van der Waals surface area contributed by atoms with E-state index in [1.807, 2.05) is 27.7 Å². The molecule has 0 saturated carbocycles. The SMILES string of the molecule is C[C@@H]1CN(C(=O)OC(C)(C)C)C[C@H]1C(=O)NC[C@@H]1CCCOC1. The van der Waals surface area contributed by atoms with E-state index in [2.05, 4.69) is 5.32 Å². The molecular weight excluding hydrogens is 296 g/mol. The summed E-state index contributed by atoms with van der Waals surface area (Å²) in [5.74, 6) is 0.428. The molecule has 2 amide bonds. The van der Waals surface area contributed by atoms with E-state index in [0.717, 1.165) is 26.1 Å². The minimum atomic E-state index is -0.512. The molecule has 0 spiro atoms. The Morgan fingerprint density at radius 2 is 2.04 bits per heavy atom. The molecule has 1 N–H and O–H groups in total. The van der Waals surface area contributed by atoms with Crippen LogP contribution in [-0.4, -0.2) is 55.3 Å². The molecule has 6 heteroatoms. The topological polar surface area (TPSA) is 67.9 Å². The summed E-state index contributed by atoms with van der Waals surface area (Å²) in [4.78, 5) is 26.2. The largest absolute Gasteiger partial charge is 0.444 e. The number of carbonyl (C=O) groups excluding carboxylic acids is 2. The summed E-state index contributed by atoms with van der Waals surface area (Å²) in [6, 6.07) is 0. The number of amides is 2. The Bertz CT molecular complexity index is 427. The highest BCUT2D eigenvalue weighted by Gasteiger charge is 2.38. The Hall–Kier alpha value is -1.30. The monoisotopic (exact) mass is 326 g/mol. The van der Waals surface area contributed by atoms with Crippen LogP contribution in [0.2, 0.25) is 0 Å². The second kappa shape index (κ2) is 7.51. The van der Waals surface area contributed by atoms with E-state index in [-0.39, 0.29) is 23.8 Å². The van der Waals surface area contributed by atoms with Crippen LogP contribution in [-0.2, 0) is 14.3 Å². The summed E-state index contributed by atoms with van der Waals surface area (Å²) in [6.07, 6.45) is 1.83. The summed E-state index contributed by atoms with van der Waals surface area (Å²) in [5, 5.41) is 3.03. The predicted molar refractivity (Wildman–Crippen MR) is 87.0 cm³/mol. The maximum absolute atomic E-state index is 12.4. The third-order valence-corrected chi connectivity index (χ3v) is 4.42. The number of ether oxygens (including phenoxy) is 2. The van der Waals surface area contributed by atoms with Crippen LogP contribution in [0.3, 0.4) is 0 Å². The van der Waals surface area contributed by atoms with E-state index in [9.17, 15) is 9.59 Å². The Balaban J connectivity index is 1.80. The fourth-order valence-electron chi connectivity index (χ4n) is 3.13. The first-order valence-corrected chi connectivity index (χ1v) is 8.59. The highest BCUT2D eigenvalue weighted by Crippen LogP contribution is 2.25. The maximum Gasteiger partial charge on any atom is 0.410 e. The van der Waals surface area contributed by atoms with Gasteiger partial charge < -0.3 is 19.7 Å². The molecule has 2 aliphatic rings. The molecule has 2 saturated heterocycles. The van der Waals surface area contributed by atoms with E-state index < -0.39 is 5.60 Å². The third kappa shape index (κ3) is 5.37. The number of rotatable bonds is 3. The quantitative estimate of drug-likeness (QED) is 0.862. The molecule has 0 bridgehead atoms. The third-order valence-electron chi connectivity index (χ3n) is 4.42. The molecule has 0 aliphatic carbocycles. The molecule has 2 heterocycles. The molecule has 3 atom stereocenters. The van der Waals surface area contributed by atoms with Crippen LogP contribution in [0.5, 0.6) is 0 Å². The molecule has 2 fully saturated rings. The zero-order chi connectivity index (χ0) is 17.0. The van der Waals surface area contributed by atoms with Crippen molar-refractivity contribution in [2.75, 3.05) is 32.8 Å². The fourth-order valence-corrected chi connectivity index (χ4v) is 3.13. The Morgan fingerprint density at radius 3 is 2.65 bits per heavy atom. The van der Waals surface area contributed by atoms with E-state index in [0.29, 0.717) is 25.6 Å². The van der Waals surface area contributed by atoms with Crippen molar-refractivity contribution < 1.29 is 19.1 Å². The molecular formula is C17H30N2O4. The number of nitrogens with one attached hydrogen (secondary N) is 1. The van der Waals surface area contributed by atoms with Gasteiger partial charge in [-0.1, -0.05) is 6.92 Å². The van der Waals surface area contributed by atoms with Gasteiger partial charge in [-0.2, -0.15) is 0 Å². The van der Waals surface area contributed by atoms with Crippen LogP contribution >= 0.6 is 0 Å². The smallest absolute Gasteiger partial charge is 0.410 e. The number of hydrogen-bond donors (Lipinski definition) is 1. The summed E-state index contributed by atoms with van der Waals surface area (Å²) in [6.45, 7) is 10.8. The van der Waals surface area contributed by atoms with Gasteiger partial charge in [-0.3, -0.25) is 4.79 Å². The number of nitrogens with zero attached hydrogens (tertiary/aromatic N) is 1. The second-order valence-corrected chi connectivity index (χ2v) is 7.80. The lowest BCUT2D eigenvalue weighted by molar-refractivity contribution is -0.125. The van der Waals surface area contributed by atoms with Gasteiger partial charge in [-0.15, -0.1) is 0 Å². The van der Waals surface area contributed by atoms with Crippen molar-refractivity contribution in [3.8, 4) is 0 Å². The first-order chi connectivity index (χ1) is 10.8. The Kier molecular flexibility index (Phi) is 5.89. The van der Waals surface area contributed by atoms with Gasteiger partial charge in [0.2, 0.25) is 5.91 Å². The second-order valence-electron chi connectivity index (χ2n) is 7.80. The molecule has 23 heavy (non-hydrogen) atoms. The fraction of sp³-hybridized carbons (Fsp3) is 0.882. The van der Waals surface area contributed by atoms with Crippen LogP contribution in [0.4, 0.5) is 4.79 Å². The molecule has 2 rings (SSSR count).